The van der Waals surface area contributed by atoms with E-state index in [1.54, 1.807) is 11.3 Å². The Balaban J connectivity index is 2.20. The normalized spacial score (nSPS) is 26.1. The van der Waals surface area contributed by atoms with Crippen molar-refractivity contribution >= 4 is 22.9 Å². The van der Waals surface area contributed by atoms with E-state index in [0.717, 1.165) is 10.9 Å². The maximum absolute atomic E-state index is 6.15. The fourth-order valence-corrected chi connectivity index (χ4v) is 3.47. The van der Waals surface area contributed by atoms with Gasteiger partial charge in [-0.1, -0.05) is 25.4 Å². The first kappa shape index (κ1) is 10.5. The molecule has 0 spiro atoms. The number of thiophene rings is 1. The monoisotopic (exact) mass is 229 g/mol. The topological polar surface area (TPSA) is 12.0 Å². The first-order valence-electron chi connectivity index (χ1n) is 4.96. The molecule has 3 heteroatoms. The van der Waals surface area contributed by atoms with Crippen LogP contribution in [0.2, 0.25) is 5.02 Å². The van der Waals surface area contributed by atoms with Crippen LogP contribution in [0.25, 0.3) is 0 Å². The first-order valence-corrected chi connectivity index (χ1v) is 6.22. The lowest BCUT2D eigenvalue weighted by Crippen LogP contribution is -2.19. The summed E-state index contributed by atoms with van der Waals surface area (Å²) in [6, 6.07) is 2.43. The molecule has 1 nitrogen and oxygen atoms in total. The number of halogens is 1. The van der Waals surface area contributed by atoms with Gasteiger partial charge in [0.1, 0.15) is 0 Å². The summed E-state index contributed by atoms with van der Waals surface area (Å²) >= 11 is 7.91. The van der Waals surface area contributed by atoms with Gasteiger partial charge in [-0.05, 0) is 36.2 Å². The van der Waals surface area contributed by atoms with Crippen LogP contribution in [0.3, 0.4) is 0 Å². The molecule has 0 bridgehead atoms. The van der Waals surface area contributed by atoms with Gasteiger partial charge < -0.3 is 5.32 Å². The van der Waals surface area contributed by atoms with Crippen molar-refractivity contribution in [2.75, 3.05) is 7.05 Å². The Morgan fingerprint density at radius 1 is 1.64 bits per heavy atom. The van der Waals surface area contributed by atoms with E-state index in [9.17, 15) is 0 Å². The molecule has 0 amide bonds. The summed E-state index contributed by atoms with van der Waals surface area (Å²) in [5.41, 5.74) is 0.487. The molecule has 1 aromatic heterocycles. The van der Waals surface area contributed by atoms with Gasteiger partial charge in [-0.25, -0.2) is 0 Å². The predicted octanol–water partition coefficient (Wildman–Crippen LogP) is 3.71. The van der Waals surface area contributed by atoms with Crippen molar-refractivity contribution in [3.8, 4) is 0 Å². The van der Waals surface area contributed by atoms with Gasteiger partial charge in [0.25, 0.3) is 0 Å². The molecule has 0 aliphatic heterocycles. The van der Waals surface area contributed by atoms with Gasteiger partial charge in [-0.3, -0.25) is 0 Å². The Morgan fingerprint density at radius 2 is 2.29 bits per heavy atom. The highest BCUT2D eigenvalue weighted by Gasteiger charge is 2.50. The van der Waals surface area contributed by atoms with Gasteiger partial charge in [0.2, 0.25) is 0 Å². The highest BCUT2D eigenvalue weighted by molar-refractivity contribution is 7.10. The van der Waals surface area contributed by atoms with Crippen molar-refractivity contribution in [2.24, 2.45) is 11.3 Å². The van der Waals surface area contributed by atoms with Gasteiger partial charge in [0.05, 0.1) is 5.02 Å². The van der Waals surface area contributed by atoms with E-state index < -0.39 is 0 Å². The van der Waals surface area contributed by atoms with E-state index in [4.69, 9.17) is 11.6 Å². The van der Waals surface area contributed by atoms with E-state index in [0.29, 0.717) is 11.5 Å². The average molecular weight is 230 g/mol. The van der Waals surface area contributed by atoms with Crippen molar-refractivity contribution in [1.82, 2.24) is 5.32 Å². The van der Waals surface area contributed by atoms with Crippen molar-refractivity contribution in [3.63, 3.8) is 0 Å². The zero-order valence-electron chi connectivity index (χ0n) is 8.80. The predicted molar refractivity (Wildman–Crippen MR) is 63.0 cm³/mol. The second kappa shape index (κ2) is 3.51. The Kier molecular flexibility index (Phi) is 2.63. The molecular weight excluding hydrogens is 214 g/mol. The average Bonchev–Trinajstić information content (AvgIpc) is 2.55. The summed E-state index contributed by atoms with van der Waals surface area (Å²) < 4.78 is 0. The minimum Gasteiger partial charge on any atom is -0.312 e. The summed E-state index contributed by atoms with van der Waals surface area (Å²) in [6.45, 7) is 4.65. The smallest absolute Gasteiger partial charge is 0.0561 e. The molecule has 0 radical (unpaired) electrons. The Hall–Kier alpha value is -0.0500. The van der Waals surface area contributed by atoms with Crippen molar-refractivity contribution in [1.29, 1.82) is 0 Å². The van der Waals surface area contributed by atoms with Crippen LogP contribution in [0, 0.1) is 11.3 Å². The standard InChI is InChI=1S/C11H16ClNS/c1-11(2)6-7(11)9(13-3)10-8(12)4-5-14-10/h4-5,7,9,13H,6H2,1-3H3. The van der Waals surface area contributed by atoms with Crippen LogP contribution < -0.4 is 5.32 Å². The summed E-state index contributed by atoms with van der Waals surface area (Å²) in [5, 5.41) is 6.37. The van der Waals surface area contributed by atoms with Gasteiger partial charge in [0, 0.05) is 10.9 Å². The Bertz CT molecular complexity index is 332. The first-order chi connectivity index (χ1) is 6.56. The fourth-order valence-electron chi connectivity index (χ4n) is 2.12. The molecule has 1 aliphatic rings. The third kappa shape index (κ3) is 1.71. The van der Waals surface area contributed by atoms with Crippen LogP contribution in [0.15, 0.2) is 11.4 Å². The summed E-state index contributed by atoms with van der Waals surface area (Å²) in [6.07, 6.45) is 1.30. The van der Waals surface area contributed by atoms with Crippen LogP contribution in [0.4, 0.5) is 0 Å². The molecule has 78 valence electrons. The summed E-state index contributed by atoms with van der Waals surface area (Å²) in [4.78, 5) is 1.30. The van der Waals surface area contributed by atoms with E-state index >= 15 is 0 Å². The largest absolute Gasteiger partial charge is 0.312 e. The van der Waals surface area contributed by atoms with Gasteiger partial charge in [-0.15, -0.1) is 11.3 Å². The third-order valence-electron chi connectivity index (χ3n) is 3.23. The maximum Gasteiger partial charge on any atom is 0.0561 e. The molecule has 2 rings (SSSR count). The molecule has 1 fully saturated rings. The SMILES string of the molecule is CNC(c1sccc1Cl)C1CC1(C)C. The molecule has 0 aromatic carbocycles. The summed E-state index contributed by atoms with van der Waals surface area (Å²) in [5.74, 6) is 0.739. The van der Waals surface area contributed by atoms with Gasteiger partial charge in [-0.2, -0.15) is 0 Å². The summed E-state index contributed by atoms with van der Waals surface area (Å²) in [7, 11) is 2.02. The zero-order chi connectivity index (χ0) is 10.3. The lowest BCUT2D eigenvalue weighted by molar-refractivity contribution is 0.446. The van der Waals surface area contributed by atoms with E-state index in [1.165, 1.54) is 11.3 Å². The molecule has 14 heavy (non-hydrogen) atoms. The van der Waals surface area contributed by atoms with Crippen molar-refractivity contribution in [2.45, 2.75) is 26.3 Å². The lowest BCUT2D eigenvalue weighted by atomic mass is 10.0. The van der Waals surface area contributed by atoms with E-state index in [-0.39, 0.29) is 0 Å². The molecule has 1 N–H and O–H groups in total. The van der Waals surface area contributed by atoms with Crippen molar-refractivity contribution in [3.05, 3.63) is 21.3 Å². The van der Waals surface area contributed by atoms with Gasteiger partial charge >= 0.3 is 0 Å². The molecule has 1 aliphatic carbocycles. The van der Waals surface area contributed by atoms with Crippen LogP contribution >= 0.6 is 22.9 Å². The van der Waals surface area contributed by atoms with Crippen LogP contribution in [0.1, 0.15) is 31.2 Å². The lowest BCUT2D eigenvalue weighted by Gasteiger charge is -2.17. The fraction of sp³-hybridized carbons (Fsp3) is 0.636. The number of hydrogen-bond donors (Lipinski definition) is 1. The van der Waals surface area contributed by atoms with Crippen molar-refractivity contribution < 1.29 is 0 Å². The Morgan fingerprint density at radius 3 is 2.64 bits per heavy atom. The molecule has 1 heterocycles. The highest BCUT2D eigenvalue weighted by Crippen LogP contribution is 2.58. The molecule has 2 unspecified atom stereocenters. The van der Waals surface area contributed by atoms with Crippen LogP contribution in [-0.2, 0) is 0 Å². The number of nitrogens with one attached hydrogen (secondary N) is 1. The van der Waals surface area contributed by atoms with Crippen LogP contribution in [-0.4, -0.2) is 7.05 Å². The molecule has 2 atom stereocenters. The maximum atomic E-state index is 6.15. The molecular formula is C11H16ClNS. The highest BCUT2D eigenvalue weighted by atomic mass is 35.5. The third-order valence-corrected chi connectivity index (χ3v) is 4.67. The second-order valence-corrected chi connectivity index (χ2v) is 6.05. The zero-order valence-corrected chi connectivity index (χ0v) is 10.4. The molecule has 1 saturated carbocycles. The number of rotatable bonds is 3. The quantitative estimate of drug-likeness (QED) is 0.834. The van der Waals surface area contributed by atoms with Crippen LogP contribution in [0.5, 0.6) is 0 Å². The number of hydrogen-bond acceptors (Lipinski definition) is 2. The van der Waals surface area contributed by atoms with Gasteiger partial charge in [0.15, 0.2) is 0 Å². The second-order valence-electron chi connectivity index (χ2n) is 4.70. The molecule has 0 saturated heterocycles. The van der Waals surface area contributed by atoms with E-state index in [2.05, 4.69) is 24.5 Å². The minimum atomic E-state index is 0.442. The molecule has 1 aromatic rings. The Labute approximate surface area is 94.5 Å². The minimum absolute atomic E-state index is 0.442. The van der Waals surface area contributed by atoms with E-state index in [1.807, 2.05) is 13.1 Å².